The highest BCUT2D eigenvalue weighted by atomic mass is 16.6. The van der Waals surface area contributed by atoms with E-state index in [0.29, 0.717) is 19.6 Å². The zero-order valence-corrected chi connectivity index (χ0v) is 11.7. The van der Waals surface area contributed by atoms with Crippen molar-refractivity contribution in [1.29, 1.82) is 0 Å². The first-order chi connectivity index (χ1) is 10.2. The number of nitrogens with two attached hydrogens (primary N) is 1. The second-order valence-corrected chi connectivity index (χ2v) is 4.67. The Morgan fingerprint density at radius 3 is 2.43 bits per heavy atom. The molecule has 0 saturated heterocycles. The van der Waals surface area contributed by atoms with Gasteiger partial charge in [0.15, 0.2) is 0 Å². The second-order valence-electron chi connectivity index (χ2n) is 4.67. The molecule has 0 radical (unpaired) electrons. The highest BCUT2D eigenvalue weighted by Gasteiger charge is 2.05. The Kier molecular flexibility index (Phi) is 5.29. The zero-order valence-electron chi connectivity index (χ0n) is 11.7. The molecule has 0 amide bonds. The SMILES string of the molecule is NCCc1ccccc1OCCc1ccc([N+](=O)[O-])cc1. The number of nitrogens with zero attached hydrogens (tertiary/aromatic N) is 1. The van der Waals surface area contributed by atoms with E-state index >= 15 is 0 Å². The van der Waals surface area contributed by atoms with E-state index in [4.69, 9.17) is 10.5 Å². The van der Waals surface area contributed by atoms with Gasteiger partial charge in [-0.1, -0.05) is 30.3 Å². The monoisotopic (exact) mass is 286 g/mol. The van der Waals surface area contributed by atoms with E-state index in [1.54, 1.807) is 12.1 Å². The Balaban J connectivity index is 1.91. The van der Waals surface area contributed by atoms with E-state index in [1.807, 2.05) is 24.3 Å². The highest BCUT2D eigenvalue weighted by Crippen LogP contribution is 2.19. The van der Waals surface area contributed by atoms with Crippen LogP contribution in [-0.4, -0.2) is 18.1 Å². The van der Waals surface area contributed by atoms with Gasteiger partial charge in [0.25, 0.3) is 5.69 Å². The first-order valence-electron chi connectivity index (χ1n) is 6.85. The molecule has 5 nitrogen and oxygen atoms in total. The molecule has 0 aromatic heterocycles. The first-order valence-corrected chi connectivity index (χ1v) is 6.85. The lowest BCUT2D eigenvalue weighted by Crippen LogP contribution is -2.07. The fourth-order valence-corrected chi connectivity index (χ4v) is 2.07. The summed E-state index contributed by atoms with van der Waals surface area (Å²) in [5.41, 5.74) is 7.79. The van der Waals surface area contributed by atoms with Crippen molar-refractivity contribution in [3.8, 4) is 5.75 Å². The Morgan fingerprint density at radius 1 is 1.05 bits per heavy atom. The van der Waals surface area contributed by atoms with Crippen LogP contribution in [0.1, 0.15) is 11.1 Å². The van der Waals surface area contributed by atoms with Crippen molar-refractivity contribution in [2.24, 2.45) is 5.73 Å². The number of non-ortho nitro benzene ring substituents is 1. The van der Waals surface area contributed by atoms with E-state index in [2.05, 4.69) is 0 Å². The van der Waals surface area contributed by atoms with Gasteiger partial charge in [-0.25, -0.2) is 0 Å². The summed E-state index contributed by atoms with van der Waals surface area (Å²) in [4.78, 5) is 10.2. The molecule has 0 aliphatic rings. The van der Waals surface area contributed by atoms with E-state index < -0.39 is 4.92 Å². The number of hydrogen-bond donors (Lipinski definition) is 1. The number of ether oxygens (including phenoxy) is 1. The quantitative estimate of drug-likeness (QED) is 0.627. The number of benzene rings is 2. The van der Waals surface area contributed by atoms with Crippen molar-refractivity contribution in [3.05, 3.63) is 69.8 Å². The van der Waals surface area contributed by atoms with Gasteiger partial charge in [-0.3, -0.25) is 10.1 Å². The van der Waals surface area contributed by atoms with Crippen LogP contribution in [-0.2, 0) is 12.8 Å². The third kappa shape index (κ3) is 4.29. The molecule has 110 valence electrons. The minimum absolute atomic E-state index is 0.105. The maximum absolute atomic E-state index is 10.6. The van der Waals surface area contributed by atoms with Gasteiger partial charge in [0.1, 0.15) is 5.75 Å². The predicted octanol–water partition coefficient (Wildman–Crippen LogP) is 2.72. The third-order valence-corrected chi connectivity index (χ3v) is 3.18. The number of hydrogen-bond acceptors (Lipinski definition) is 4. The first kappa shape index (κ1) is 15.0. The number of nitro benzene ring substituents is 1. The van der Waals surface area contributed by atoms with Gasteiger partial charge >= 0.3 is 0 Å². The molecule has 5 heteroatoms. The number of nitro groups is 1. The van der Waals surface area contributed by atoms with E-state index in [-0.39, 0.29) is 5.69 Å². The predicted molar refractivity (Wildman–Crippen MR) is 81.5 cm³/mol. The van der Waals surface area contributed by atoms with Gasteiger partial charge < -0.3 is 10.5 Å². The van der Waals surface area contributed by atoms with Gasteiger partial charge in [-0.2, -0.15) is 0 Å². The Morgan fingerprint density at radius 2 is 1.76 bits per heavy atom. The molecule has 0 fully saturated rings. The molecule has 0 spiro atoms. The summed E-state index contributed by atoms with van der Waals surface area (Å²) in [6.07, 6.45) is 1.49. The lowest BCUT2D eigenvalue weighted by molar-refractivity contribution is -0.384. The number of rotatable bonds is 7. The minimum Gasteiger partial charge on any atom is -0.493 e. The molecule has 2 N–H and O–H groups in total. The van der Waals surface area contributed by atoms with Gasteiger partial charge in [0.05, 0.1) is 11.5 Å². The topological polar surface area (TPSA) is 78.4 Å². The molecular formula is C16H18N2O3. The summed E-state index contributed by atoms with van der Waals surface area (Å²) < 4.78 is 5.78. The lowest BCUT2D eigenvalue weighted by Gasteiger charge is -2.10. The second kappa shape index (κ2) is 7.40. The van der Waals surface area contributed by atoms with Crippen LogP contribution < -0.4 is 10.5 Å². The largest absolute Gasteiger partial charge is 0.493 e. The van der Waals surface area contributed by atoms with Gasteiger partial charge in [0.2, 0.25) is 0 Å². The summed E-state index contributed by atoms with van der Waals surface area (Å²) in [5, 5.41) is 10.6. The summed E-state index contributed by atoms with van der Waals surface area (Å²) in [6, 6.07) is 14.4. The molecule has 0 heterocycles. The van der Waals surface area contributed by atoms with Crippen molar-refractivity contribution >= 4 is 5.69 Å². The molecule has 2 aromatic carbocycles. The average Bonchev–Trinajstić information content (AvgIpc) is 2.50. The molecule has 0 bridgehead atoms. The van der Waals surface area contributed by atoms with Gasteiger partial charge in [-0.15, -0.1) is 0 Å². The fourth-order valence-electron chi connectivity index (χ4n) is 2.07. The zero-order chi connectivity index (χ0) is 15.1. The van der Waals surface area contributed by atoms with Crippen LogP contribution in [0.25, 0.3) is 0 Å². The van der Waals surface area contributed by atoms with Crippen LogP contribution in [0.2, 0.25) is 0 Å². The average molecular weight is 286 g/mol. The van der Waals surface area contributed by atoms with Crippen LogP contribution >= 0.6 is 0 Å². The van der Waals surface area contributed by atoms with Crippen LogP contribution in [0.4, 0.5) is 5.69 Å². The Bertz CT molecular complexity index is 597. The molecule has 0 unspecified atom stereocenters. The van der Waals surface area contributed by atoms with E-state index in [0.717, 1.165) is 23.3 Å². The summed E-state index contributed by atoms with van der Waals surface area (Å²) >= 11 is 0. The minimum atomic E-state index is -0.399. The smallest absolute Gasteiger partial charge is 0.269 e. The summed E-state index contributed by atoms with van der Waals surface area (Å²) in [7, 11) is 0. The van der Waals surface area contributed by atoms with E-state index in [1.165, 1.54) is 12.1 Å². The van der Waals surface area contributed by atoms with Crippen LogP contribution in [0.5, 0.6) is 5.75 Å². The van der Waals surface area contributed by atoms with Crippen LogP contribution in [0.15, 0.2) is 48.5 Å². The van der Waals surface area contributed by atoms with Crippen molar-refractivity contribution in [2.45, 2.75) is 12.8 Å². The molecule has 0 aliphatic carbocycles. The summed E-state index contributed by atoms with van der Waals surface area (Å²) in [5.74, 6) is 0.852. The lowest BCUT2D eigenvalue weighted by atomic mass is 10.1. The Labute approximate surface area is 123 Å². The Hall–Kier alpha value is -2.40. The molecule has 2 rings (SSSR count). The number of para-hydroxylation sites is 1. The van der Waals surface area contributed by atoms with Crippen LogP contribution in [0, 0.1) is 10.1 Å². The fraction of sp³-hybridized carbons (Fsp3) is 0.250. The molecular weight excluding hydrogens is 268 g/mol. The third-order valence-electron chi connectivity index (χ3n) is 3.18. The van der Waals surface area contributed by atoms with Crippen molar-refractivity contribution in [1.82, 2.24) is 0 Å². The standard InChI is InChI=1S/C16H18N2O3/c17-11-9-14-3-1-2-4-16(14)21-12-10-13-5-7-15(8-6-13)18(19)20/h1-8H,9-12,17H2. The molecule has 0 atom stereocenters. The van der Waals surface area contributed by atoms with E-state index in [9.17, 15) is 10.1 Å². The molecule has 21 heavy (non-hydrogen) atoms. The van der Waals surface area contributed by atoms with Crippen molar-refractivity contribution < 1.29 is 9.66 Å². The van der Waals surface area contributed by atoms with Gasteiger partial charge in [0, 0.05) is 18.6 Å². The maximum atomic E-state index is 10.6. The maximum Gasteiger partial charge on any atom is 0.269 e. The van der Waals surface area contributed by atoms with Gasteiger partial charge in [-0.05, 0) is 30.2 Å². The van der Waals surface area contributed by atoms with Crippen molar-refractivity contribution in [3.63, 3.8) is 0 Å². The molecule has 2 aromatic rings. The van der Waals surface area contributed by atoms with Crippen molar-refractivity contribution in [2.75, 3.05) is 13.2 Å². The molecule has 0 saturated carbocycles. The summed E-state index contributed by atoms with van der Waals surface area (Å²) in [6.45, 7) is 1.11. The molecule has 0 aliphatic heterocycles. The highest BCUT2D eigenvalue weighted by molar-refractivity contribution is 5.34. The normalized spacial score (nSPS) is 10.3. The van der Waals surface area contributed by atoms with Crippen LogP contribution in [0.3, 0.4) is 0 Å².